The van der Waals surface area contributed by atoms with Gasteiger partial charge in [-0.05, 0) is 29.7 Å². The Labute approximate surface area is 162 Å². The van der Waals surface area contributed by atoms with E-state index in [1.807, 2.05) is 36.4 Å². The molecule has 0 fully saturated rings. The third-order valence-corrected chi connectivity index (χ3v) is 4.66. The Balaban J connectivity index is 1.57. The summed E-state index contributed by atoms with van der Waals surface area (Å²) in [5.74, 6) is 2.07. The second-order valence-electron chi connectivity index (χ2n) is 6.54. The molecule has 7 nitrogen and oxygen atoms in total. The van der Waals surface area contributed by atoms with E-state index in [1.165, 1.54) is 0 Å². The fourth-order valence-corrected chi connectivity index (χ4v) is 3.24. The highest BCUT2D eigenvalue weighted by Gasteiger charge is 2.21. The highest BCUT2D eigenvalue weighted by Crippen LogP contribution is 2.38. The largest absolute Gasteiger partial charge is 0.493 e. The van der Waals surface area contributed by atoms with Gasteiger partial charge in [0, 0.05) is 18.1 Å². The highest BCUT2D eigenvalue weighted by molar-refractivity contribution is 5.55. The molecule has 1 aliphatic rings. The van der Waals surface area contributed by atoms with Crippen LogP contribution in [-0.4, -0.2) is 24.0 Å². The van der Waals surface area contributed by atoms with Gasteiger partial charge < -0.3 is 18.7 Å². The minimum absolute atomic E-state index is 0.205. The van der Waals surface area contributed by atoms with Crippen LogP contribution in [0.3, 0.4) is 0 Å². The summed E-state index contributed by atoms with van der Waals surface area (Å²) in [5.41, 5.74) is 3.69. The zero-order valence-corrected chi connectivity index (χ0v) is 15.6. The second-order valence-corrected chi connectivity index (χ2v) is 6.54. The lowest BCUT2D eigenvalue weighted by Crippen LogP contribution is -2.13. The highest BCUT2D eigenvalue weighted by atomic mass is 16.7. The van der Waals surface area contributed by atoms with Gasteiger partial charge in [0.25, 0.3) is 0 Å². The Morgan fingerprint density at radius 1 is 1.25 bits per heavy atom. The fraction of sp³-hybridized carbons (Fsp3) is 0.286. The summed E-state index contributed by atoms with van der Waals surface area (Å²) in [7, 11) is 1.60. The Kier molecular flexibility index (Phi) is 4.96. The molecule has 0 amide bonds. The lowest BCUT2D eigenvalue weighted by Gasteiger charge is -2.22. The van der Waals surface area contributed by atoms with E-state index in [9.17, 15) is 5.26 Å². The van der Waals surface area contributed by atoms with Crippen molar-refractivity contribution in [3.8, 4) is 29.0 Å². The standard InChI is InChI=1S/C21H19N3O4/c1-13-23-21(24-28-13)15-5-3-14(4-6-15)7-17(10-22)16-8-18-11-26-12-27-20(18)19(9-16)25-2/h3-6,8-9,17H,7,11-12H2,1-2H3. The first-order valence-corrected chi connectivity index (χ1v) is 8.88. The number of hydrogen-bond donors (Lipinski definition) is 0. The first-order chi connectivity index (χ1) is 13.7. The van der Waals surface area contributed by atoms with Crippen LogP contribution in [0.4, 0.5) is 0 Å². The van der Waals surface area contributed by atoms with Crippen LogP contribution in [-0.2, 0) is 17.8 Å². The van der Waals surface area contributed by atoms with Gasteiger partial charge in [0.05, 0.1) is 25.7 Å². The molecule has 1 aliphatic heterocycles. The molecule has 0 spiro atoms. The lowest BCUT2D eigenvalue weighted by atomic mass is 9.91. The van der Waals surface area contributed by atoms with Gasteiger partial charge in [-0.1, -0.05) is 29.4 Å². The molecule has 4 rings (SSSR count). The summed E-state index contributed by atoms with van der Waals surface area (Å²) in [4.78, 5) is 4.23. The summed E-state index contributed by atoms with van der Waals surface area (Å²) < 4.78 is 21.4. The Morgan fingerprint density at radius 3 is 2.75 bits per heavy atom. The molecule has 7 heteroatoms. The summed E-state index contributed by atoms with van der Waals surface area (Å²) >= 11 is 0. The van der Waals surface area contributed by atoms with Crippen LogP contribution in [0.25, 0.3) is 11.4 Å². The number of aryl methyl sites for hydroxylation is 1. The van der Waals surface area contributed by atoms with Gasteiger partial charge in [-0.2, -0.15) is 10.2 Å². The Bertz CT molecular complexity index is 1000. The van der Waals surface area contributed by atoms with Crippen molar-refractivity contribution in [1.29, 1.82) is 5.26 Å². The molecule has 0 saturated heterocycles. The van der Waals surface area contributed by atoms with Gasteiger partial charge in [-0.15, -0.1) is 0 Å². The van der Waals surface area contributed by atoms with Crippen molar-refractivity contribution in [2.45, 2.75) is 25.9 Å². The van der Waals surface area contributed by atoms with E-state index in [4.69, 9.17) is 18.7 Å². The number of benzene rings is 2. The number of nitrogens with zero attached hydrogens (tertiary/aromatic N) is 3. The maximum absolute atomic E-state index is 9.76. The van der Waals surface area contributed by atoms with E-state index in [0.717, 1.165) is 22.3 Å². The average molecular weight is 377 g/mol. The number of ether oxygens (including phenoxy) is 3. The van der Waals surface area contributed by atoms with Crippen LogP contribution in [0.1, 0.15) is 28.5 Å². The van der Waals surface area contributed by atoms with E-state index < -0.39 is 0 Å². The molecule has 0 N–H and O–H groups in total. The first kappa shape index (κ1) is 18.0. The molecule has 1 unspecified atom stereocenters. The van der Waals surface area contributed by atoms with Crippen molar-refractivity contribution in [3.63, 3.8) is 0 Å². The monoisotopic (exact) mass is 377 g/mol. The van der Waals surface area contributed by atoms with Crippen molar-refractivity contribution in [3.05, 3.63) is 59.0 Å². The smallest absolute Gasteiger partial charge is 0.223 e. The second kappa shape index (κ2) is 7.71. The molecular weight excluding hydrogens is 358 g/mol. The number of nitriles is 1. The fourth-order valence-electron chi connectivity index (χ4n) is 3.24. The van der Waals surface area contributed by atoms with Gasteiger partial charge >= 0.3 is 0 Å². The van der Waals surface area contributed by atoms with E-state index >= 15 is 0 Å². The van der Waals surface area contributed by atoms with Crippen LogP contribution < -0.4 is 9.47 Å². The summed E-state index contributed by atoms with van der Waals surface area (Å²) in [6, 6.07) is 14.1. The molecule has 2 heterocycles. The first-order valence-electron chi connectivity index (χ1n) is 8.88. The van der Waals surface area contributed by atoms with E-state index in [2.05, 4.69) is 16.2 Å². The minimum atomic E-state index is -0.320. The molecule has 0 aliphatic carbocycles. The normalized spacial score (nSPS) is 13.9. The van der Waals surface area contributed by atoms with Gasteiger partial charge in [-0.3, -0.25) is 0 Å². The topological polar surface area (TPSA) is 90.4 Å². The van der Waals surface area contributed by atoms with Crippen molar-refractivity contribution in [1.82, 2.24) is 10.1 Å². The quantitative estimate of drug-likeness (QED) is 0.668. The maximum atomic E-state index is 9.76. The summed E-state index contributed by atoms with van der Waals surface area (Å²) in [6.45, 7) is 2.40. The van der Waals surface area contributed by atoms with E-state index in [1.54, 1.807) is 14.0 Å². The number of fused-ring (bicyclic) bond motifs is 1. The number of rotatable bonds is 5. The molecule has 0 bridgehead atoms. The maximum Gasteiger partial charge on any atom is 0.223 e. The van der Waals surface area contributed by atoms with Crippen LogP contribution in [0.2, 0.25) is 0 Å². The summed E-state index contributed by atoms with van der Waals surface area (Å²) in [5, 5.41) is 13.7. The molecule has 2 aromatic carbocycles. The van der Waals surface area contributed by atoms with Gasteiger partial charge in [-0.25, -0.2) is 0 Å². The number of hydrogen-bond acceptors (Lipinski definition) is 7. The Morgan fingerprint density at radius 2 is 2.07 bits per heavy atom. The molecule has 1 aromatic heterocycles. The molecule has 1 atom stereocenters. The molecule has 28 heavy (non-hydrogen) atoms. The van der Waals surface area contributed by atoms with E-state index in [-0.39, 0.29) is 12.7 Å². The molecule has 0 saturated carbocycles. The molecular formula is C21H19N3O4. The predicted octanol–water partition coefficient (Wildman–Crippen LogP) is 3.77. The van der Waals surface area contributed by atoms with Gasteiger partial charge in [0.15, 0.2) is 18.3 Å². The van der Waals surface area contributed by atoms with Gasteiger partial charge in [0.2, 0.25) is 11.7 Å². The minimum Gasteiger partial charge on any atom is -0.493 e. The third kappa shape index (κ3) is 3.55. The number of methoxy groups -OCH3 is 1. The third-order valence-electron chi connectivity index (χ3n) is 4.66. The van der Waals surface area contributed by atoms with Crippen LogP contribution in [0.5, 0.6) is 11.5 Å². The van der Waals surface area contributed by atoms with Crippen LogP contribution in [0.15, 0.2) is 40.9 Å². The average Bonchev–Trinajstić information content (AvgIpc) is 3.18. The van der Waals surface area contributed by atoms with Crippen molar-refractivity contribution in [2.75, 3.05) is 13.9 Å². The zero-order valence-electron chi connectivity index (χ0n) is 15.6. The van der Waals surface area contributed by atoms with Crippen molar-refractivity contribution in [2.24, 2.45) is 0 Å². The number of aromatic nitrogens is 2. The molecule has 0 radical (unpaired) electrons. The molecule has 142 valence electrons. The SMILES string of the molecule is COc1cc(C(C#N)Cc2ccc(-c3noc(C)n3)cc2)cc2c1OCOC2. The van der Waals surface area contributed by atoms with Crippen LogP contribution in [0, 0.1) is 18.3 Å². The lowest BCUT2D eigenvalue weighted by molar-refractivity contribution is -0.0180. The zero-order chi connectivity index (χ0) is 19.5. The van der Waals surface area contributed by atoms with Gasteiger partial charge in [0.1, 0.15) is 0 Å². The Hall–Kier alpha value is -3.37. The van der Waals surface area contributed by atoms with Crippen molar-refractivity contribution < 1.29 is 18.7 Å². The van der Waals surface area contributed by atoms with Crippen LogP contribution >= 0.6 is 0 Å². The summed E-state index contributed by atoms with van der Waals surface area (Å²) in [6.07, 6.45) is 0.575. The van der Waals surface area contributed by atoms with Crippen molar-refractivity contribution >= 4 is 0 Å². The molecule has 3 aromatic rings. The predicted molar refractivity (Wildman–Crippen MR) is 99.8 cm³/mol. The van der Waals surface area contributed by atoms with E-state index in [0.29, 0.717) is 36.2 Å².